The SMILES string of the molecule is C=C(/C(C)=C/c1ccc(OC)cc1C)N1CCOc2cc(C(=C3CCC3)N3CCCC(N)C3)cc(C)c21. The van der Waals surface area contributed by atoms with Crippen LogP contribution < -0.4 is 20.1 Å². The van der Waals surface area contributed by atoms with E-state index >= 15 is 0 Å². The average Bonchev–Trinajstić information content (AvgIpc) is 2.86. The van der Waals surface area contributed by atoms with Gasteiger partial charge in [0.05, 0.1) is 19.3 Å². The predicted molar refractivity (Wildman–Crippen MR) is 154 cm³/mol. The lowest BCUT2D eigenvalue weighted by Gasteiger charge is -2.39. The first-order valence-corrected chi connectivity index (χ1v) is 13.7. The second-order valence-electron chi connectivity index (χ2n) is 10.8. The van der Waals surface area contributed by atoms with Crippen molar-refractivity contribution in [1.29, 1.82) is 0 Å². The monoisotopic (exact) mass is 499 g/mol. The van der Waals surface area contributed by atoms with Crippen LogP contribution >= 0.6 is 0 Å². The van der Waals surface area contributed by atoms with Crippen molar-refractivity contribution in [3.05, 3.63) is 76.0 Å². The number of aryl methyl sites for hydroxylation is 2. The molecule has 2 N–H and O–H groups in total. The van der Waals surface area contributed by atoms with Crippen molar-refractivity contribution in [2.75, 3.05) is 38.3 Å². The van der Waals surface area contributed by atoms with Gasteiger partial charge in [-0.3, -0.25) is 0 Å². The van der Waals surface area contributed by atoms with Gasteiger partial charge >= 0.3 is 0 Å². The van der Waals surface area contributed by atoms with Crippen molar-refractivity contribution in [2.24, 2.45) is 5.73 Å². The number of benzene rings is 2. The number of piperidine rings is 1. The van der Waals surface area contributed by atoms with Crippen molar-refractivity contribution < 1.29 is 9.47 Å². The molecule has 2 aromatic rings. The summed E-state index contributed by atoms with van der Waals surface area (Å²) in [5.41, 5.74) is 17.5. The van der Waals surface area contributed by atoms with Crippen LogP contribution in [0.25, 0.3) is 11.8 Å². The molecule has 2 aliphatic heterocycles. The van der Waals surface area contributed by atoms with Crippen LogP contribution in [-0.2, 0) is 0 Å². The van der Waals surface area contributed by atoms with Crippen molar-refractivity contribution in [3.63, 3.8) is 0 Å². The highest BCUT2D eigenvalue weighted by Crippen LogP contribution is 2.43. The van der Waals surface area contributed by atoms with Gasteiger partial charge in [0.2, 0.25) is 0 Å². The third-order valence-electron chi connectivity index (χ3n) is 8.08. The van der Waals surface area contributed by atoms with E-state index in [-0.39, 0.29) is 6.04 Å². The Labute approximate surface area is 222 Å². The summed E-state index contributed by atoms with van der Waals surface area (Å²) in [6.07, 6.45) is 8.16. The number of hydrogen-bond acceptors (Lipinski definition) is 5. The molecule has 0 spiro atoms. The molecule has 5 heteroatoms. The fourth-order valence-corrected chi connectivity index (χ4v) is 5.85. The van der Waals surface area contributed by atoms with E-state index < -0.39 is 0 Å². The van der Waals surface area contributed by atoms with Gasteiger partial charge in [0.1, 0.15) is 18.1 Å². The molecular weight excluding hydrogens is 458 g/mol. The van der Waals surface area contributed by atoms with Gasteiger partial charge in [-0.1, -0.05) is 12.6 Å². The Bertz CT molecular complexity index is 1250. The van der Waals surface area contributed by atoms with E-state index in [9.17, 15) is 0 Å². The van der Waals surface area contributed by atoms with Gasteiger partial charge in [-0.15, -0.1) is 0 Å². The molecule has 5 nitrogen and oxygen atoms in total. The Morgan fingerprint density at radius 3 is 2.59 bits per heavy atom. The molecule has 1 saturated carbocycles. The maximum Gasteiger partial charge on any atom is 0.143 e. The Morgan fingerprint density at radius 2 is 1.92 bits per heavy atom. The van der Waals surface area contributed by atoms with Gasteiger partial charge in [-0.05, 0) is 111 Å². The summed E-state index contributed by atoms with van der Waals surface area (Å²) in [5, 5.41) is 0. The zero-order chi connectivity index (χ0) is 26.1. The predicted octanol–water partition coefficient (Wildman–Crippen LogP) is 6.45. The molecule has 2 heterocycles. The van der Waals surface area contributed by atoms with Gasteiger partial charge in [0.15, 0.2) is 0 Å². The van der Waals surface area contributed by atoms with Crippen molar-refractivity contribution in [1.82, 2.24) is 4.90 Å². The van der Waals surface area contributed by atoms with Gasteiger partial charge in [-0.25, -0.2) is 0 Å². The highest BCUT2D eigenvalue weighted by Gasteiger charge is 2.29. The Balaban J connectivity index is 1.46. The molecular formula is C32H41N3O2. The van der Waals surface area contributed by atoms with E-state index in [0.29, 0.717) is 6.61 Å². The third kappa shape index (κ3) is 5.15. The summed E-state index contributed by atoms with van der Waals surface area (Å²) in [5.74, 6) is 1.83. The van der Waals surface area contributed by atoms with Gasteiger partial charge in [0, 0.05) is 36.1 Å². The molecule has 0 bridgehead atoms. The smallest absolute Gasteiger partial charge is 0.143 e. The largest absolute Gasteiger partial charge is 0.497 e. The van der Waals surface area contributed by atoms with Crippen LogP contribution in [-0.4, -0.2) is 44.3 Å². The zero-order valence-corrected chi connectivity index (χ0v) is 22.9. The molecule has 2 aromatic carbocycles. The quantitative estimate of drug-likeness (QED) is 0.463. The van der Waals surface area contributed by atoms with Crippen LogP contribution in [0, 0.1) is 13.8 Å². The van der Waals surface area contributed by atoms with Crippen LogP contribution in [0.3, 0.4) is 0 Å². The third-order valence-corrected chi connectivity index (χ3v) is 8.08. The number of allylic oxidation sites excluding steroid dienone is 2. The van der Waals surface area contributed by atoms with E-state index in [2.05, 4.69) is 67.5 Å². The molecule has 2 fully saturated rings. The summed E-state index contributed by atoms with van der Waals surface area (Å²) < 4.78 is 11.6. The maximum absolute atomic E-state index is 6.38. The summed E-state index contributed by atoms with van der Waals surface area (Å²) in [4.78, 5) is 4.86. The molecule has 1 atom stereocenters. The lowest BCUT2D eigenvalue weighted by atomic mass is 9.86. The number of anilines is 1. The normalized spacial score (nSPS) is 19.6. The number of likely N-dealkylation sites (tertiary alicyclic amines) is 1. The highest BCUT2D eigenvalue weighted by molar-refractivity contribution is 5.78. The number of nitrogens with zero attached hydrogens (tertiary/aromatic N) is 2. The van der Waals surface area contributed by atoms with Crippen LogP contribution in [0.5, 0.6) is 11.5 Å². The van der Waals surface area contributed by atoms with Crippen LogP contribution in [0.4, 0.5) is 5.69 Å². The minimum absolute atomic E-state index is 0.252. The van der Waals surface area contributed by atoms with E-state index in [1.54, 1.807) is 12.7 Å². The highest BCUT2D eigenvalue weighted by atomic mass is 16.5. The first-order valence-electron chi connectivity index (χ1n) is 13.7. The molecule has 5 rings (SSSR count). The molecule has 0 radical (unpaired) electrons. The molecule has 1 unspecified atom stereocenters. The first kappa shape index (κ1) is 25.5. The number of methoxy groups -OCH3 is 1. The van der Waals surface area contributed by atoms with Gasteiger partial charge < -0.3 is 25.0 Å². The molecule has 0 amide bonds. The summed E-state index contributed by atoms with van der Waals surface area (Å²) >= 11 is 0. The van der Waals surface area contributed by atoms with E-state index in [0.717, 1.165) is 60.9 Å². The minimum atomic E-state index is 0.252. The summed E-state index contributed by atoms with van der Waals surface area (Å²) in [7, 11) is 1.70. The number of hydrogen-bond donors (Lipinski definition) is 1. The maximum atomic E-state index is 6.38. The number of fused-ring (bicyclic) bond motifs is 1. The molecule has 1 saturated heterocycles. The summed E-state index contributed by atoms with van der Waals surface area (Å²) in [6, 6.07) is 11.0. The average molecular weight is 500 g/mol. The number of nitrogens with two attached hydrogens (primary N) is 1. The standard InChI is InChI=1S/C32H41N3O2/c1-21(16-26-11-12-29(36-5)18-22(26)2)24(4)35-14-15-37-30-19-27(17-23(3)31(30)35)32(25-8-6-9-25)34-13-7-10-28(33)20-34/h11-12,16-19,28H,4,6-10,13-15,20,33H2,1-3,5H3/b21-16+. The van der Waals surface area contributed by atoms with Crippen LogP contribution in [0.2, 0.25) is 0 Å². The fraction of sp³-hybridized carbons (Fsp3) is 0.438. The second-order valence-corrected chi connectivity index (χ2v) is 10.8. The summed E-state index contributed by atoms with van der Waals surface area (Å²) in [6.45, 7) is 14.4. The fourth-order valence-electron chi connectivity index (χ4n) is 5.85. The van der Waals surface area contributed by atoms with Gasteiger partial charge in [-0.2, -0.15) is 0 Å². The Hall–Kier alpha value is -3.18. The van der Waals surface area contributed by atoms with Crippen LogP contribution in [0.1, 0.15) is 61.3 Å². The number of ether oxygens (including phenoxy) is 2. The lowest BCUT2D eigenvalue weighted by Crippen LogP contribution is -2.42. The zero-order valence-electron chi connectivity index (χ0n) is 22.9. The second kappa shape index (κ2) is 10.7. The van der Waals surface area contributed by atoms with Crippen molar-refractivity contribution >= 4 is 17.5 Å². The first-order chi connectivity index (χ1) is 17.9. The molecule has 0 aromatic heterocycles. The van der Waals surface area contributed by atoms with Crippen LogP contribution in [0.15, 0.2) is 53.8 Å². The molecule has 37 heavy (non-hydrogen) atoms. The van der Waals surface area contributed by atoms with E-state index in [4.69, 9.17) is 15.2 Å². The molecule has 196 valence electrons. The Kier molecular flexibility index (Phi) is 7.34. The van der Waals surface area contributed by atoms with Crippen molar-refractivity contribution in [3.8, 4) is 11.5 Å². The molecule has 1 aliphatic carbocycles. The lowest BCUT2D eigenvalue weighted by molar-refractivity contribution is 0.291. The Morgan fingerprint density at radius 1 is 1.11 bits per heavy atom. The van der Waals surface area contributed by atoms with Crippen molar-refractivity contribution in [2.45, 2.75) is 58.9 Å². The minimum Gasteiger partial charge on any atom is -0.497 e. The topological polar surface area (TPSA) is 51.0 Å². The van der Waals surface area contributed by atoms with E-state index in [1.165, 1.54) is 47.2 Å². The van der Waals surface area contributed by atoms with Gasteiger partial charge in [0.25, 0.3) is 0 Å². The van der Waals surface area contributed by atoms with E-state index in [1.807, 2.05) is 6.07 Å². The number of rotatable bonds is 6. The molecule has 3 aliphatic rings.